The maximum atomic E-state index is 4.50. The second-order valence-corrected chi connectivity index (χ2v) is 7.37. The summed E-state index contributed by atoms with van der Waals surface area (Å²) in [5.74, 6) is 0.790. The second kappa shape index (κ2) is 5.97. The third-order valence-corrected chi connectivity index (χ3v) is 3.53. The van der Waals surface area contributed by atoms with E-state index in [9.17, 15) is 0 Å². The molecule has 2 nitrogen and oxygen atoms in total. The largest absolute Gasteiger partial charge is 0.236 e. The van der Waals surface area contributed by atoms with Crippen molar-refractivity contribution in [1.29, 1.82) is 0 Å². The highest BCUT2D eigenvalue weighted by atomic mass is 14.9. The smallest absolute Gasteiger partial charge is 0.159 e. The van der Waals surface area contributed by atoms with Gasteiger partial charge in [0.2, 0.25) is 0 Å². The Labute approximate surface area is 129 Å². The van der Waals surface area contributed by atoms with Crippen molar-refractivity contribution in [2.45, 2.75) is 59.8 Å². The first-order chi connectivity index (χ1) is 9.18. The van der Waals surface area contributed by atoms with Crippen LogP contribution in [-0.2, 0) is 10.8 Å². The van der Waals surface area contributed by atoms with Crippen LogP contribution >= 0.6 is 0 Å². The van der Waals surface area contributed by atoms with E-state index >= 15 is 0 Å². The minimum atomic E-state index is 0. The molecule has 0 fully saturated rings. The highest BCUT2D eigenvalue weighted by Gasteiger charge is 2.16. The molecule has 0 aliphatic rings. The van der Waals surface area contributed by atoms with Gasteiger partial charge in [-0.05, 0) is 22.0 Å². The maximum Gasteiger partial charge on any atom is 0.159 e. The SMILES string of the molecule is C.CC(C)(C)c1ccc(-c2ncc(C(C)(C)C)cn2)cc1. The molecule has 114 valence electrons. The second-order valence-electron chi connectivity index (χ2n) is 7.37. The Hall–Kier alpha value is -1.70. The molecule has 0 N–H and O–H groups in total. The van der Waals surface area contributed by atoms with E-state index < -0.39 is 0 Å². The van der Waals surface area contributed by atoms with E-state index in [1.54, 1.807) is 0 Å². The zero-order valence-electron chi connectivity index (χ0n) is 13.4. The van der Waals surface area contributed by atoms with Crippen molar-refractivity contribution in [1.82, 2.24) is 9.97 Å². The van der Waals surface area contributed by atoms with Gasteiger partial charge in [-0.15, -0.1) is 0 Å². The fourth-order valence-corrected chi connectivity index (χ4v) is 1.98. The summed E-state index contributed by atoms with van der Waals surface area (Å²) < 4.78 is 0. The molecule has 1 aromatic carbocycles. The Kier molecular flexibility index (Phi) is 4.93. The molecular formula is C19H28N2. The Balaban J connectivity index is 0.00000220. The first-order valence-electron chi connectivity index (χ1n) is 7.11. The number of aromatic nitrogens is 2. The van der Waals surface area contributed by atoms with Gasteiger partial charge in [0.1, 0.15) is 0 Å². The Morgan fingerprint density at radius 1 is 0.667 bits per heavy atom. The topological polar surface area (TPSA) is 25.8 Å². The van der Waals surface area contributed by atoms with Crippen LogP contribution in [0.4, 0.5) is 0 Å². The van der Waals surface area contributed by atoms with Crippen LogP contribution in [0.25, 0.3) is 11.4 Å². The van der Waals surface area contributed by atoms with E-state index in [1.807, 2.05) is 12.4 Å². The Morgan fingerprint density at radius 2 is 1.10 bits per heavy atom. The van der Waals surface area contributed by atoms with E-state index in [-0.39, 0.29) is 18.3 Å². The zero-order valence-corrected chi connectivity index (χ0v) is 13.4. The predicted molar refractivity (Wildman–Crippen MR) is 91.6 cm³/mol. The van der Waals surface area contributed by atoms with Gasteiger partial charge in [-0.2, -0.15) is 0 Å². The molecule has 21 heavy (non-hydrogen) atoms. The third-order valence-electron chi connectivity index (χ3n) is 3.53. The molecule has 0 bridgehead atoms. The van der Waals surface area contributed by atoms with Crippen LogP contribution in [-0.4, -0.2) is 9.97 Å². The average Bonchev–Trinajstić information content (AvgIpc) is 2.37. The fraction of sp³-hybridized carbons (Fsp3) is 0.474. The summed E-state index contributed by atoms with van der Waals surface area (Å²) in [6, 6.07) is 8.53. The van der Waals surface area contributed by atoms with Crippen molar-refractivity contribution in [2.75, 3.05) is 0 Å². The molecule has 0 radical (unpaired) electrons. The lowest BCUT2D eigenvalue weighted by Crippen LogP contribution is -2.12. The lowest BCUT2D eigenvalue weighted by molar-refractivity contribution is 0.584. The molecular weight excluding hydrogens is 256 g/mol. The summed E-state index contributed by atoms with van der Waals surface area (Å²) in [7, 11) is 0. The molecule has 2 rings (SSSR count). The summed E-state index contributed by atoms with van der Waals surface area (Å²) >= 11 is 0. The molecule has 1 heterocycles. The molecule has 2 aromatic rings. The average molecular weight is 284 g/mol. The summed E-state index contributed by atoms with van der Waals surface area (Å²) in [5, 5.41) is 0. The first kappa shape index (κ1) is 17.4. The normalized spacial score (nSPS) is 11.9. The molecule has 2 heteroatoms. The predicted octanol–water partition coefficient (Wildman–Crippen LogP) is 5.37. The summed E-state index contributed by atoms with van der Waals surface area (Å²) in [6.45, 7) is 13.2. The number of nitrogens with zero attached hydrogens (tertiary/aromatic N) is 2. The number of hydrogen-bond donors (Lipinski definition) is 0. The molecule has 0 unspecified atom stereocenters. The lowest BCUT2D eigenvalue weighted by Gasteiger charge is -2.19. The van der Waals surface area contributed by atoms with E-state index in [4.69, 9.17) is 0 Å². The van der Waals surface area contributed by atoms with Crippen molar-refractivity contribution in [3.8, 4) is 11.4 Å². The minimum absolute atomic E-state index is 0. The molecule has 0 amide bonds. The van der Waals surface area contributed by atoms with Gasteiger partial charge in [-0.3, -0.25) is 0 Å². The van der Waals surface area contributed by atoms with Gasteiger partial charge < -0.3 is 0 Å². The van der Waals surface area contributed by atoms with E-state index in [2.05, 4.69) is 75.8 Å². The van der Waals surface area contributed by atoms with Crippen molar-refractivity contribution in [3.05, 3.63) is 47.8 Å². The van der Waals surface area contributed by atoms with Crippen LogP contribution in [0.1, 0.15) is 60.1 Å². The van der Waals surface area contributed by atoms with Crippen LogP contribution in [0, 0.1) is 0 Å². The molecule has 0 spiro atoms. The van der Waals surface area contributed by atoms with Crippen molar-refractivity contribution in [2.24, 2.45) is 0 Å². The minimum Gasteiger partial charge on any atom is -0.236 e. The Morgan fingerprint density at radius 3 is 1.48 bits per heavy atom. The van der Waals surface area contributed by atoms with Gasteiger partial charge in [-0.1, -0.05) is 73.2 Å². The Bertz CT molecular complexity index is 511. The summed E-state index contributed by atoms with van der Waals surface area (Å²) in [4.78, 5) is 8.99. The summed E-state index contributed by atoms with van der Waals surface area (Å²) in [5.41, 5.74) is 3.82. The highest BCUT2D eigenvalue weighted by Crippen LogP contribution is 2.25. The molecule has 0 saturated heterocycles. The summed E-state index contributed by atoms with van der Waals surface area (Å²) in [6.07, 6.45) is 3.86. The van der Waals surface area contributed by atoms with Crippen LogP contribution in [0.2, 0.25) is 0 Å². The number of rotatable bonds is 1. The fourth-order valence-electron chi connectivity index (χ4n) is 1.98. The standard InChI is InChI=1S/C18H24N2.CH4/c1-17(2,3)14-9-7-13(8-10-14)16-19-11-15(12-20-16)18(4,5)6;/h7-12H,1-6H3;1H4. The molecule has 0 aliphatic carbocycles. The van der Waals surface area contributed by atoms with E-state index in [1.165, 1.54) is 5.56 Å². The van der Waals surface area contributed by atoms with E-state index in [0.29, 0.717) is 0 Å². The number of benzene rings is 1. The van der Waals surface area contributed by atoms with Gasteiger partial charge in [0.05, 0.1) is 0 Å². The number of hydrogen-bond acceptors (Lipinski definition) is 2. The molecule has 0 saturated carbocycles. The lowest BCUT2D eigenvalue weighted by atomic mass is 9.86. The van der Waals surface area contributed by atoms with Crippen molar-refractivity contribution < 1.29 is 0 Å². The highest BCUT2D eigenvalue weighted by molar-refractivity contribution is 5.55. The maximum absolute atomic E-state index is 4.50. The van der Waals surface area contributed by atoms with Crippen LogP contribution in [0.5, 0.6) is 0 Å². The zero-order chi connectivity index (χ0) is 15.0. The molecule has 0 aliphatic heterocycles. The third kappa shape index (κ3) is 4.13. The van der Waals surface area contributed by atoms with Crippen molar-refractivity contribution in [3.63, 3.8) is 0 Å². The van der Waals surface area contributed by atoms with Gasteiger partial charge >= 0.3 is 0 Å². The van der Waals surface area contributed by atoms with Gasteiger partial charge in [0.25, 0.3) is 0 Å². The van der Waals surface area contributed by atoms with Crippen LogP contribution in [0.15, 0.2) is 36.7 Å². The van der Waals surface area contributed by atoms with Crippen LogP contribution < -0.4 is 0 Å². The monoisotopic (exact) mass is 284 g/mol. The molecule has 1 aromatic heterocycles. The quantitative estimate of drug-likeness (QED) is 0.703. The van der Waals surface area contributed by atoms with Gasteiger partial charge in [0, 0.05) is 18.0 Å². The first-order valence-corrected chi connectivity index (χ1v) is 7.11. The van der Waals surface area contributed by atoms with Crippen LogP contribution in [0.3, 0.4) is 0 Å². The van der Waals surface area contributed by atoms with Gasteiger partial charge in [0.15, 0.2) is 5.82 Å². The molecule has 0 atom stereocenters. The van der Waals surface area contributed by atoms with Gasteiger partial charge in [-0.25, -0.2) is 9.97 Å². The van der Waals surface area contributed by atoms with Crippen molar-refractivity contribution >= 4 is 0 Å². The van der Waals surface area contributed by atoms with E-state index in [0.717, 1.165) is 17.0 Å².